The predicted octanol–water partition coefficient (Wildman–Crippen LogP) is 3.91. The van der Waals surface area contributed by atoms with Gasteiger partial charge in [0, 0.05) is 59.4 Å². The first kappa shape index (κ1) is 26.2. The zero-order valence-electron chi connectivity index (χ0n) is 22.9. The number of benzene rings is 1. The van der Waals surface area contributed by atoms with E-state index in [2.05, 4.69) is 15.2 Å². The fourth-order valence-electron chi connectivity index (χ4n) is 6.67. The van der Waals surface area contributed by atoms with E-state index in [1.807, 2.05) is 53.4 Å². The molecule has 2 saturated heterocycles. The predicted molar refractivity (Wildman–Crippen MR) is 159 cm³/mol. The number of carbonyl (C=O) groups is 1. The Bertz CT molecular complexity index is 1920. The van der Waals surface area contributed by atoms with Gasteiger partial charge >= 0.3 is 0 Å². The summed E-state index contributed by atoms with van der Waals surface area (Å²) < 4.78 is 27.9. The molecule has 2 fully saturated rings. The van der Waals surface area contributed by atoms with Gasteiger partial charge in [0.25, 0.3) is 5.91 Å². The van der Waals surface area contributed by atoms with Crippen LogP contribution in [-0.2, 0) is 9.84 Å². The number of hydrogen-bond donors (Lipinski definition) is 3. The Morgan fingerprint density at radius 2 is 1.74 bits per heavy atom. The fourth-order valence-corrected chi connectivity index (χ4v) is 7.74. The zero-order valence-corrected chi connectivity index (χ0v) is 23.8. The lowest BCUT2D eigenvalue weighted by atomic mass is 9.87. The van der Waals surface area contributed by atoms with Crippen LogP contribution in [0.3, 0.4) is 0 Å². The molecule has 5 N–H and O–H groups in total. The highest BCUT2D eigenvalue weighted by Gasteiger charge is 2.46. The zero-order chi connectivity index (χ0) is 29.2. The molecule has 0 radical (unpaired) electrons. The van der Waals surface area contributed by atoms with Gasteiger partial charge in [0.1, 0.15) is 27.9 Å². The minimum Gasteiger partial charge on any atom is -0.384 e. The molecule has 0 saturated carbocycles. The standard InChI is InChI=1S/C30H30N8O3S/c1-42(40,41)27-26(19-13-20-8-9-21(14-19)38(20)30(39)24-15-25(31)36-35-24)34-29-22(11-12-37(29)28(27)32)18-7-10-23(33-16-18)17-5-3-2-4-6-17/h2-7,10-12,15-16,19-21H,8-9,13-14,32H2,1H3,(H3,31,35,36)/t19-,20-,21+. The van der Waals surface area contributed by atoms with Crippen molar-refractivity contribution in [3.05, 3.63) is 78.4 Å². The van der Waals surface area contributed by atoms with Gasteiger partial charge < -0.3 is 16.4 Å². The van der Waals surface area contributed by atoms with Gasteiger partial charge in [-0.25, -0.2) is 13.4 Å². The molecule has 2 aliphatic heterocycles. The van der Waals surface area contributed by atoms with Crippen LogP contribution in [0.1, 0.15) is 47.8 Å². The molecule has 0 unspecified atom stereocenters. The maximum absolute atomic E-state index is 13.3. The monoisotopic (exact) mass is 582 g/mol. The Hall–Kier alpha value is -4.71. The minimum absolute atomic E-state index is 0.0558. The van der Waals surface area contributed by atoms with Gasteiger partial charge in [-0.3, -0.25) is 19.3 Å². The lowest BCUT2D eigenvalue weighted by molar-refractivity contribution is 0.0562. The number of amides is 1. The van der Waals surface area contributed by atoms with Crippen molar-refractivity contribution in [1.29, 1.82) is 0 Å². The third-order valence-corrected chi connectivity index (χ3v) is 9.67. The topological polar surface area (TPSA) is 165 Å². The molecular weight excluding hydrogens is 552 g/mol. The number of rotatable bonds is 5. The number of anilines is 2. The van der Waals surface area contributed by atoms with Crippen LogP contribution in [0.2, 0.25) is 0 Å². The highest BCUT2D eigenvalue weighted by atomic mass is 32.2. The molecule has 11 nitrogen and oxygen atoms in total. The lowest BCUT2D eigenvalue weighted by Crippen LogP contribution is -2.46. The van der Waals surface area contributed by atoms with Crippen LogP contribution < -0.4 is 11.5 Å². The number of hydrogen-bond acceptors (Lipinski definition) is 8. The Morgan fingerprint density at radius 3 is 2.36 bits per heavy atom. The van der Waals surface area contributed by atoms with Crippen LogP contribution in [-0.4, -0.2) is 62.1 Å². The summed E-state index contributed by atoms with van der Waals surface area (Å²) >= 11 is 0. The van der Waals surface area contributed by atoms with Crippen molar-refractivity contribution >= 4 is 33.0 Å². The van der Waals surface area contributed by atoms with Crippen molar-refractivity contribution in [2.24, 2.45) is 0 Å². The lowest BCUT2D eigenvalue weighted by Gasteiger charge is -2.39. The van der Waals surface area contributed by atoms with Crippen molar-refractivity contribution in [1.82, 2.24) is 29.5 Å². The molecule has 214 valence electrons. The molecule has 2 bridgehead atoms. The van der Waals surface area contributed by atoms with E-state index < -0.39 is 9.84 Å². The summed E-state index contributed by atoms with van der Waals surface area (Å²) in [5.74, 6) is 0.0733. The molecule has 6 heterocycles. The first-order chi connectivity index (χ1) is 20.2. The van der Waals surface area contributed by atoms with Gasteiger partial charge in [0.05, 0.1) is 11.4 Å². The van der Waals surface area contributed by atoms with Crippen LogP contribution in [0, 0.1) is 0 Å². The minimum atomic E-state index is -3.71. The van der Waals surface area contributed by atoms with E-state index in [-0.39, 0.29) is 40.4 Å². The van der Waals surface area contributed by atoms with Crippen molar-refractivity contribution in [3.8, 4) is 22.4 Å². The van der Waals surface area contributed by atoms with Gasteiger partial charge in [-0.05, 0) is 37.8 Å². The normalized spacial score (nSPS) is 20.3. The number of fused-ring (bicyclic) bond motifs is 3. The number of sulfone groups is 1. The molecule has 0 aliphatic carbocycles. The van der Waals surface area contributed by atoms with Crippen molar-refractivity contribution < 1.29 is 13.2 Å². The van der Waals surface area contributed by atoms with Crippen LogP contribution in [0.5, 0.6) is 0 Å². The second-order valence-corrected chi connectivity index (χ2v) is 13.1. The molecule has 42 heavy (non-hydrogen) atoms. The second kappa shape index (κ2) is 9.69. The molecule has 3 atom stereocenters. The molecule has 2 aliphatic rings. The third kappa shape index (κ3) is 4.30. The summed E-state index contributed by atoms with van der Waals surface area (Å²) in [5, 5.41) is 6.62. The van der Waals surface area contributed by atoms with Gasteiger partial charge in [-0.1, -0.05) is 36.4 Å². The molecule has 0 spiro atoms. The Morgan fingerprint density at radius 1 is 1.00 bits per heavy atom. The summed E-state index contributed by atoms with van der Waals surface area (Å²) in [6, 6.07) is 17.2. The van der Waals surface area contributed by atoms with Crippen LogP contribution in [0.25, 0.3) is 28.0 Å². The summed E-state index contributed by atoms with van der Waals surface area (Å²) in [6.07, 6.45) is 7.55. The maximum atomic E-state index is 13.3. The van der Waals surface area contributed by atoms with E-state index in [0.29, 0.717) is 29.9 Å². The number of aromatic amines is 1. The van der Waals surface area contributed by atoms with E-state index in [1.165, 1.54) is 6.26 Å². The molecule has 7 rings (SSSR count). The van der Waals surface area contributed by atoms with Crippen molar-refractivity contribution in [3.63, 3.8) is 0 Å². The summed E-state index contributed by atoms with van der Waals surface area (Å²) in [6.45, 7) is 0. The number of nitrogen functional groups attached to an aromatic ring is 2. The summed E-state index contributed by atoms with van der Waals surface area (Å²) in [4.78, 5) is 24.9. The largest absolute Gasteiger partial charge is 0.384 e. The van der Waals surface area contributed by atoms with E-state index in [9.17, 15) is 13.2 Å². The summed E-state index contributed by atoms with van der Waals surface area (Å²) in [7, 11) is -3.71. The summed E-state index contributed by atoms with van der Waals surface area (Å²) in [5.41, 5.74) is 17.2. The third-order valence-electron chi connectivity index (χ3n) is 8.51. The molecule has 1 amide bonds. The van der Waals surface area contributed by atoms with E-state index >= 15 is 0 Å². The van der Waals surface area contributed by atoms with Crippen molar-refractivity contribution in [2.45, 2.75) is 48.6 Å². The average Bonchev–Trinajstić information content (AvgIpc) is 3.68. The average molecular weight is 583 g/mol. The Labute approximate surface area is 242 Å². The molecule has 12 heteroatoms. The van der Waals surface area contributed by atoms with E-state index in [0.717, 1.165) is 35.2 Å². The molecule has 5 aromatic rings. The number of carbonyl (C=O) groups excluding carboxylic acids is 1. The van der Waals surface area contributed by atoms with E-state index in [4.69, 9.17) is 16.5 Å². The quantitative estimate of drug-likeness (QED) is 0.281. The van der Waals surface area contributed by atoms with Gasteiger partial charge in [0.2, 0.25) is 0 Å². The van der Waals surface area contributed by atoms with Crippen molar-refractivity contribution in [2.75, 3.05) is 17.7 Å². The first-order valence-electron chi connectivity index (χ1n) is 13.8. The van der Waals surface area contributed by atoms with E-state index in [1.54, 1.807) is 22.9 Å². The fraction of sp³-hybridized carbons (Fsp3) is 0.267. The van der Waals surface area contributed by atoms with Gasteiger partial charge in [-0.2, -0.15) is 5.10 Å². The maximum Gasteiger partial charge on any atom is 0.272 e. The number of nitrogens with one attached hydrogen (secondary N) is 1. The number of H-pyrrole nitrogens is 1. The number of piperidine rings is 1. The number of nitrogens with zero attached hydrogens (tertiary/aromatic N) is 5. The first-order valence-corrected chi connectivity index (χ1v) is 15.7. The highest BCUT2D eigenvalue weighted by Crippen LogP contribution is 2.46. The van der Waals surface area contributed by atoms with Gasteiger partial charge in [0.15, 0.2) is 9.84 Å². The van der Waals surface area contributed by atoms with Gasteiger partial charge in [-0.15, -0.1) is 0 Å². The molecular formula is C30H30N8O3S. The number of nitrogens with two attached hydrogens (primary N) is 2. The Kier molecular flexibility index (Phi) is 6.05. The number of aromatic nitrogens is 5. The Balaban J connectivity index is 1.27. The number of pyridine rings is 1. The SMILES string of the molecule is CS(=O)(=O)c1c([C@@H]2C[C@H]3CC[C@@H](C2)N3C(=O)c2cc(N)n[nH]2)nc2c(-c3ccc(-c4ccccc4)nc3)ccn2c1N. The highest BCUT2D eigenvalue weighted by molar-refractivity contribution is 7.91. The molecule has 1 aromatic carbocycles. The van der Waals surface area contributed by atoms with Crippen LogP contribution in [0.15, 0.2) is 71.9 Å². The smallest absolute Gasteiger partial charge is 0.272 e. The van der Waals surface area contributed by atoms with Crippen LogP contribution in [0.4, 0.5) is 11.6 Å². The molecule has 4 aromatic heterocycles. The second-order valence-electron chi connectivity index (χ2n) is 11.2. The van der Waals surface area contributed by atoms with Crippen LogP contribution >= 0.6 is 0 Å².